The smallest absolute Gasteiger partial charge is 0.230 e. The topological polar surface area (TPSA) is 68.0 Å². The van der Waals surface area contributed by atoms with Crippen LogP contribution in [-0.4, -0.2) is 10.9 Å². The quantitative estimate of drug-likeness (QED) is 0.901. The molecule has 0 radical (unpaired) electrons. The van der Waals surface area contributed by atoms with Crippen LogP contribution in [0, 0.1) is 13.8 Å². The largest absolute Gasteiger partial charge is 0.375 e. The number of carbonyl (C=O) groups excluding carboxylic acids is 1. The molecule has 0 saturated heterocycles. The lowest BCUT2D eigenvalue weighted by molar-refractivity contribution is -0.115. The average Bonchev–Trinajstić information content (AvgIpc) is 2.71. The van der Waals surface area contributed by atoms with Crippen molar-refractivity contribution >= 4 is 44.0 Å². The van der Waals surface area contributed by atoms with Gasteiger partial charge in [0.1, 0.15) is 0 Å². The number of nitrogens with zero attached hydrogens (tertiary/aromatic N) is 1. The first-order valence-corrected chi connectivity index (χ1v) is 7.39. The summed E-state index contributed by atoms with van der Waals surface area (Å²) < 4.78 is 1.07. The Balaban J connectivity index is 2.07. The predicted molar refractivity (Wildman–Crippen MR) is 82.5 cm³/mol. The Morgan fingerprint density at radius 3 is 2.58 bits per heavy atom. The Labute approximate surface area is 124 Å². The fraction of sp³-hybridized carbons (Fsp3) is 0.231. The van der Waals surface area contributed by atoms with Crippen molar-refractivity contribution in [3.63, 3.8) is 0 Å². The molecule has 3 N–H and O–H groups in total. The van der Waals surface area contributed by atoms with E-state index < -0.39 is 0 Å². The highest BCUT2D eigenvalue weighted by molar-refractivity contribution is 9.10. The zero-order valence-corrected chi connectivity index (χ0v) is 13.1. The third-order valence-corrected chi connectivity index (χ3v) is 4.60. The maximum absolute atomic E-state index is 11.9. The molecule has 6 heteroatoms. The Morgan fingerprint density at radius 1 is 1.42 bits per heavy atom. The fourth-order valence-corrected chi connectivity index (χ4v) is 2.58. The second kappa shape index (κ2) is 5.71. The van der Waals surface area contributed by atoms with Crippen LogP contribution < -0.4 is 11.1 Å². The molecule has 2 rings (SSSR count). The minimum absolute atomic E-state index is 0.0913. The van der Waals surface area contributed by atoms with Gasteiger partial charge in [-0.15, -0.1) is 11.3 Å². The number of amides is 1. The molecule has 0 unspecified atom stereocenters. The summed E-state index contributed by atoms with van der Waals surface area (Å²) in [6.45, 7) is 3.99. The molecule has 100 valence electrons. The van der Waals surface area contributed by atoms with Crippen LogP contribution in [0.5, 0.6) is 0 Å². The maximum Gasteiger partial charge on any atom is 0.230 e. The molecule has 0 fully saturated rings. The minimum Gasteiger partial charge on any atom is -0.375 e. The summed E-state index contributed by atoms with van der Waals surface area (Å²) in [6, 6.07) is 3.87. The lowest BCUT2D eigenvalue weighted by atomic mass is 10.1. The number of thiazole rings is 1. The number of carbonyl (C=O) groups is 1. The molecule has 0 aliphatic heterocycles. The number of anilines is 2. The molecule has 1 amide bonds. The first kappa shape index (κ1) is 14.0. The van der Waals surface area contributed by atoms with E-state index in [0.717, 1.165) is 21.3 Å². The van der Waals surface area contributed by atoms with Crippen LogP contribution in [0.1, 0.15) is 16.8 Å². The summed E-state index contributed by atoms with van der Waals surface area (Å²) >= 11 is 4.84. The Hall–Kier alpha value is -1.40. The van der Waals surface area contributed by atoms with Gasteiger partial charge in [-0.05, 0) is 37.1 Å². The van der Waals surface area contributed by atoms with Crippen LogP contribution in [0.2, 0.25) is 0 Å². The molecule has 1 aromatic heterocycles. The SMILES string of the molecule is Cc1cc(NC(=O)Cc2csc(N)n2)cc(C)c1Br. The summed E-state index contributed by atoms with van der Waals surface area (Å²) in [5.74, 6) is -0.0913. The summed E-state index contributed by atoms with van der Waals surface area (Å²) in [5, 5.41) is 5.16. The lowest BCUT2D eigenvalue weighted by Gasteiger charge is -2.09. The number of nitrogens with two attached hydrogens (primary N) is 1. The molecule has 0 aliphatic rings. The van der Waals surface area contributed by atoms with Gasteiger partial charge in [0.25, 0.3) is 0 Å². The van der Waals surface area contributed by atoms with Crippen LogP contribution in [0.25, 0.3) is 0 Å². The Morgan fingerprint density at radius 2 is 2.05 bits per heavy atom. The van der Waals surface area contributed by atoms with Gasteiger partial charge in [-0.1, -0.05) is 15.9 Å². The van der Waals surface area contributed by atoms with Gasteiger partial charge in [0.2, 0.25) is 5.91 Å². The van der Waals surface area contributed by atoms with Crippen molar-refractivity contribution in [3.05, 3.63) is 38.8 Å². The molecule has 0 aliphatic carbocycles. The molecular weight excluding hydrogens is 326 g/mol. The predicted octanol–water partition coefficient (Wildman–Crippen LogP) is 3.29. The van der Waals surface area contributed by atoms with Crippen LogP contribution >= 0.6 is 27.3 Å². The molecule has 4 nitrogen and oxygen atoms in total. The number of aromatic nitrogens is 1. The average molecular weight is 340 g/mol. The number of halogens is 1. The second-order valence-electron chi connectivity index (χ2n) is 4.33. The third kappa shape index (κ3) is 3.54. The molecule has 1 aromatic carbocycles. The number of aryl methyl sites for hydroxylation is 2. The van der Waals surface area contributed by atoms with Gasteiger partial charge < -0.3 is 11.1 Å². The number of nitrogen functional groups attached to an aromatic ring is 1. The minimum atomic E-state index is -0.0913. The summed E-state index contributed by atoms with van der Waals surface area (Å²) in [5.41, 5.74) is 9.21. The van der Waals surface area contributed by atoms with E-state index in [0.29, 0.717) is 10.8 Å². The fourth-order valence-electron chi connectivity index (χ4n) is 1.79. The van der Waals surface area contributed by atoms with Crippen molar-refractivity contribution in [1.29, 1.82) is 0 Å². The van der Waals surface area contributed by atoms with E-state index in [2.05, 4.69) is 26.2 Å². The van der Waals surface area contributed by atoms with Gasteiger partial charge in [0.05, 0.1) is 12.1 Å². The van der Waals surface area contributed by atoms with E-state index in [1.807, 2.05) is 26.0 Å². The number of hydrogen-bond donors (Lipinski definition) is 2. The molecule has 2 aromatic rings. The van der Waals surface area contributed by atoms with Gasteiger partial charge in [0, 0.05) is 15.5 Å². The van der Waals surface area contributed by atoms with E-state index in [1.54, 1.807) is 5.38 Å². The summed E-state index contributed by atoms with van der Waals surface area (Å²) in [4.78, 5) is 16.0. The first-order valence-electron chi connectivity index (χ1n) is 5.72. The zero-order chi connectivity index (χ0) is 14.0. The van der Waals surface area contributed by atoms with Gasteiger partial charge in [-0.3, -0.25) is 4.79 Å². The molecule has 19 heavy (non-hydrogen) atoms. The van der Waals surface area contributed by atoms with E-state index in [9.17, 15) is 4.79 Å². The lowest BCUT2D eigenvalue weighted by Crippen LogP contribution is -2.15. The molecular formula is C13H14BrN3OS. The van der Waals surface area contributed by atoms with Gasteiger partial charge in [0.15, 0.2) is 5.13 Å². The Kier molecular flexibility index (Phi) is 4.21. The van der Waals surface area contributed by atoms with Crippen LogP contribution in [0.15, 0.2) is 22.0 Å². The van der Waals surface area contributed by atoms with Crippen molar-refractivity contribution in [3.8, 4) is 0 Å². The molecule has 1 heterocycles. The molecule has 0 atom stereocenters. The normalized spacial score (nSPS) is 10.5. The van der Waals surface area contributed by atoms with Crippen molar-refractivity contribution in [2.24, 2.45) is 0 Å². The highest BCUT2D eigenvalue weighted by Gasteiger charge is 2.09. The number of benzene rings is 1. The number of nitrogens with one attached hydrogen (secondary N) is 1. The molecule has 0 bridgehead atoms. The standard InChI is InChI=1S/C13H14BrN3OS/c1-7-3-9(4-8(2)12(7)14)16-11(18)5-10-6-19-13(15)17-10/h3-4,6H,5H2,1-2H3,(H2,15,17)(H,16,18). The van der Waals surface area contributed by atoms with Gasteiger partial charge in [-0.25, -0.2) is 4.98 Å². The van der Waals surface area contributed by atoms with E-state index in [1.165, 1.54) is 11.3 Å². The zero-order valence-electron chi connectivity index (χ0n) is 10.7. The van der Waals surface area contributed by atoms with Crippen LogP contribution in [-0.2, 0) is 11.2 Å². The third-order valence-electron chi connectivity index (χ3n) is 2.63. The maximum atomic E-state index is 11.9. The Bertz CT molecular complexity index is 601. The van der Waals surface area contributed by atoms with E-state index in [-0.39, 0.29) is 12.3 Å². The summed E-state index contributed by atoms with van der Waals surface area (Å²) in [7, 11) is 0. The van der Waals surface area contributed by atoms with Gasteiger partial charge >= 0.3 is 0 Å². The van der Waals surface area contributed by atoms with Gasteiger partial charge in [-0.2, -0.15) is 0 Å². The van der Waals surface area contributed by atoms with E-state index in [4.69, 9.17) is 5.73 Å². The summed E-state index contributed by atoms with van der Waals surface area (Å²) in [6.07, 6.45) is 0.238. The molecule has 0 spiro atoms. The van der Waals surface area contributed by atoms with Crippen LogP contribution in [0.4, 0.5) is 10.8 Å². The highest BCUT2D eigenvalue weighted by Crippen LogP contribution is 2.25. The van der Waals surface area contributed by atoms with Crippen molar-refractivity contribution < 1.29 is 4.79 Å². The first-order chi connectivity index (χ1) is 8.95. The monoisotopic (exact) mass is 339 g/mol. The van der Waals surface area contributed by atoms with Crippen molar-refractivity contribution in [2.75, 3.05) is 11.1 Å². The van der Waals surface area contributed by atoms with Crippen molar-refractivity contribution in [2.45, 2.75) is 20.3 Å². The number of hydrogen-bond acceptors (Lipinski definition) is 4. The number of rotatable bonds is 3. The highest BCUT2D eigenvalue weighted by atomic mass is 79.9. The second-order valence-corrected chi connectivity index (χ2v) is 6.01. The molecule has 0 saturated carbocycles. The van der Waals surface area contributed by atoms with E-state index >= 15 is 0 Å². The van der Waals surface area contributed by atoms with Crippen molar-refractivity contribution in [1.82, 2.24) is 4.98 Å². The van der Waals surface area contributed by atoms with Crippen LogP contribution in [0.3, 0.4) is 0 Å².